The van der Waals surface area contributed by atoms with E-state index in [1.54, 1.807) is 22.2 Å². The fourth-order valence-electron chi connectivity index (χ4n) is 5.35. The molecule has 0 saturated heterocycles. The van der Waals surface area contributed by atoms with E-state index in [4.69, 9.17) is 27.2 Å². The van der Waals surface area contributed by atoms with Crippen LogP contribution in [0.4, 0.5) is 15.9 Å². The van der Waals surface area contributed by atoms with Crippen molar-refractivity contribution in [1.82, 2.24) is 29.1 Å². The van der Waals surface area contributed by atoms with E-state index in [0.29, 0.717) is 51.1 Å². The maximum atomic E-state index is 14.4. The highest BCUT2D eigenvalue weighted by molar-refractivity contribution is 7.93. The molecule has 0 bridgehead atoms. The number of pyridine rings is 2. The Bertz CT molecular complexity index is 2320. The van der Waals surface area contributed by atoms with E-state index in [2.05, 4.69) is 19.7 Å². The Morgan fingerprint density at radius 1 is 1.18 bits per heavy atom. The number of ether oxygens (including phenoxy) is 1. The predicted molar refractivity (Wildman–Crippen MR) is 171 cm³/mol. The van der Waals surface area contributed by atoms with Crippen molar-refractivity contribution in [3.05, 3.63) is 81.2 Å². The lowest BCUT2D eigenvalue weighted by Gasteiger charge is -2.18. The van der Waals surface area contributed by atoms with Crippen LogP contribution in [-0.2, 0) is 10.0 Å². The van der Waals surface area contributed by atoms with Gasteiger partial charge in [0.2, 0.25) is 15.9 Å². The van der Waals surface area contributed by atoms with Gasteiger partial charge in [-0.15, -0.1) is 11.3 Å². The van der Waals surface area contributed by atoms with Crippen LogP contribution in [-0.4, -0.2) is 49.9 Å². The number of nitrogen functional groups attached to an aromatic ring is 1. The Hall–Kier alpha value is -4.60. The van der Waals surface area contributed by atoms with Crippen LogP contribution >= 0.6 is 22.9 Å². The number of methoxy groups -OCH3 is 1. The molecule has 1 unspecified atom stereocenters. The molecular formula is C29H24ClFN8O4S2. The molecule has 1 saturated carbocycles. The van der Waals surface area contributed by atoms with Crippen LogP contribution in [0.15, 0.2) is 59.1 Å². The van der Waals surface area contributed by atoms with E-state index in [9.17, 15) is 17.6 Å². The Labute approximate surface area is 264 Å². The van der Waals surface area contributed by atoms with Gasteiger partial charge in [-0.25, -0.2) is 32.4 Å². The lowest BCUT2D eigenvalue weighted by atomic mass is 9.97. The van der Waals surface area contributed by atoms with Crippen LogP contribution in [0, 0.1) is 5.82 Å². The first-order valence-electron chi connectivity index (χ1n) is 13.7. The number of rotatable bonds is 8. The van der Waals surface area contributed by atoms with Gasteiger partial charge in [0.05, 0.1) is 29.4 Å². The SMILES string of the molecule is COc1ncc(-c2nn(C(C)c3cc4scc(Cl)n4c(=O)c3-c3cccc(F)c3)c3ncnc(N)c23)cc1NS(=O)(=O)C1CC1. The predicted octanol–water partition coefficient (Wildman–Crippen LogP) is 5.13. The third kappa shape index (κ3) is 4.96. The second kappa shape index (κ2) is 10.8. The fourth-order valence-corrected chi connectivity index (χ4v) is 7.88. The maximum Gasteiger partial charge on any atom is 0.265 e. The van der Waals surface area contributed by atoms with E-state index < -0.39 is 32.7 Å². The van der Waals surface area contributed by atoms with Gasteiger partial charge >= 0.3 is 0 Å². The average Bonchev–Trinajstić information content (AvgIpc) is 3.72. The number of thiazole rings is 1. The summed E-state index contributed by atoms with van der Waals surface area (Å²) >= 11 is 7.66. The Morgan fingerprint density at radius 3 is 2.71 bits per heavy atom. The van der Waals surface area contributed by atoms with Gasteiger partial charge in [-0.3, -0.25) is 13.9 Å². The number of nitrogens with one attached hydrogen (secondary N) is 1. The number of anilines is 2. The number of sulfonamides is 1. The molecule has 5 heterocycles. The molecule has 5 aromatic heterocycles. The molecule has 45 heavy (non-hydrogen) atoms. The van der Waals surface area contributed by atoms with Crippen LogP contribution in [0.3, 0.4) is 0 Å². The average molecular weight is 667 g/mol. The number of fused-ring (bicyclic) bond motifs is 2. The zero-order valence-electron chi connectivity index (χ0n) is 23.7. The molecule has 7 rings (SSSR count). The molecule has 0 spiro atoms. The molecule has 0 radical (unpaired) electrons. The first-order valence-corrected chi connectivity index (χ1v) is 16.5. The number of hydrogen-bond acceptors (Lipinski definition) is 10. The van der Waals surface area contributed by atoms with Gasteiger partial charge in [0.1, 0.15) is 39.3 Å². The maximum absolute atomic E-state index is 14.4. The monoisotopic (exact) mass is 666 g/mol. The lowest BCUT2D eigenvalue weighted by molar-refractivity contribution is 0.400. The summed E-state index contributed by atoms with van der Waals surface area (Å²) in [6.45, 7) is 1.83. The van der Waals surface area contributed by atoms with E-state index in [-0.39, 0.29) is 28.1 Å². The molecule has 1 aliphatic rings. The summed E-state index contributed by atoms with van der Waals surface area (Å²) in [6.07, 6.45) is 3.95. The second-order valence-corrected chi connectivity index (χ2v) is 13.8. The summed E-state index contributed by atoms with van der Waals surface area (Å²) in [6, 6.07) is 8.53. The van der Waals surface area contributed by atoms with Crippen LogP contribution in [0.5, 0.6) is 5.88 Å². The van der Waals surface area contributed by atoms with Crippen LogP contribution in [0.1, 0.15) is 31.4 Å². The molecule has 1 atom stereocenters. The quantitative estimate of drug-likeness (QED) is 0.225. The standard InChI is InChI=1S/C29H24ClFN8O4S2/c1-14(19-10-22-38(21(30)12-44-22)29(40)23(19)15-4-3-5-17(31)8-15)39-27-24(26(32)34-13-35-27)25(36-39)16-9-20(28(43-2)33-11-16)37-45(41,42)18-6-7-18/h3-5,8-14,18,37H,6-7H2,1-2H3,(H2,32,34,35). The van der Waals surface area contributed by atoms with Crippen molar-refractivity contribution in [3.8, 4) is 28.3 Å². The molecule has 1 aromatic carbocycles. The smallest absolute Gasteiger partial charge is 0.265 e. The number of halogens is 2. The minimum atomic E-state index is -3.63. The molecular weight excluding hydrogens is 643 g/mol. The van der Waals surface area contributed by atoms with Crippen molar-refractivity contribution < 1.29 is 17.5 Å². The summed E-state index contributed by atoms with van der Waals surface area (Å²) in [5.41, 5.74) is 8.37. The van der Waals surface area contributed by atoms with E-state index >= 15 is 0 Å². The van der Waals surface area contributed by atoms with E-state index in [1.807, 2.05) is 13.0 Å². The summed E-state index contributed by atoms with van der Waals surface area (Å²) in [5, 5.41) is 6.70. The first kappa shape index (κ1) is 29.1. The van der Waals surface area contributed by atoms with Gasteiger partial charge < -0.3 is 10.5 Å². The molecule has 6 aromatic rings. The normalized spacial score (nSPS) is 14.2. The van der Waals surface area contributed by atoms with Crippen LogP contribution in [0.2, 0.25) is 5.15 Å². The Balaban J connectivity index is 1.43. The minimum absolute atomic E-state index is 0.0902. The van der Waals surface area contributed by atoms with Gasteiger partial charge in [-0.2, -0.15) is 5.10 Å². The Kier molecular flexibility index (Phi) is 6.98. The summed E-state index contributed by atoms with van der Waals surface area (Å²) in [7, 11) is -2.24. The molecule has 3 N–H and O–H groups in total. The number of benzene rings is 1. The van der Waals surface area contributed by atoms with E-state index in [0.717, 1.165) is 0 Å². The lowest BCUT2D eigenvalue weighted by Crippen LogP contribution is -2.20. The summed E-state index contributed by atoms with van der Waals surface area (Å²) < 4.78 is 50.9. The number of aromatic nitrogens is 6. The molecule has 12 nitrogen and oxygen atoms in total. The number of nitrogens with zero attached hydrogens (tertiary/aromatic N) is 6. The van der Waals surface area contributed by atoms with Gasteiger partial charge in [-0.05, 0) is 55.2 Å². The third-order valence-corrected chi connectivity index (χ3v) is 10.8. The highest BCUT2D eigenvalue weighted by Gasteiger charge is 2.36. The zero-order chi connectivity index (χ0) is 31.6. The second-order valence-electron chi connectivity index (χ2n) is 10.6. The van der Waals surface area contributed by atoms with Crippen LogP contribution in [0.25, 0.3) is 38.2 Å². The summed E-state index contributed by atoms with van der Waals surface area (Å²) in [4.78, 5) is 27.5. The minimum Gasteiger partial charge on any atom is -0.480 e. The molecule has 0 amide bonds. The van der Waals surface area contributed by atoms with Crippen molar-refractivity contribution in [2.24, 2.45) is 0 Å². The van der Waals surface area contributed by atoms with Crippen molar-refractivity contribution in [1.29, 1.82) is 0 Å². The molecule has 16 heteroatoms. The topological polar surface area (TPSA) is 159 Å². The van der Waals surface area contributed by atoms with E-state index in [1.165, 1.54) is 53.6 Å². The van der Waals surface area contributed by atoms with Crippen molar-refractivity contribution in [2.45, 2.75) is 31.1 Å². The Morgan fingerprint density at radius 2 is 1.98 bits per heavy atom. The van der Waals surface area contributed by atoms with Crippen molar-refractivity contribution >= 4 is 60.3 Å². The fraction of sp³-hybridized carbons (Fsp3) is 0.207. The first-order chi connectivity index (χ1) is 21.6. The van der Waals surface area contributed by atoms with Crippen molar-refractivity contribution in [2.75, 3.05) is 17.6 Å². The zero-order valence-corrected chi connectivity index (χ0v) is 26.1. The largest absolute Gasteiger partial charge is 0.480 e. The van der Waals surface area contributed by atoms with Crippen LogP contribution < -0.4 is 20.8 Å². The highest BCUT2D eigenvalue weighted by Crippen LogP contribution is 2.39. The molecule has 230 valence electrons. The van der Waals surface area contributed by atoms with Gasteiger partial charge in [-0.1, -0.05) is 23.7 Å². The third-order valence-electron chi connectivity index (χ3n) is 7.68. The highest BCUT2D eigenvalue weighted by atomic mass is 35.5. The molecule has 1 aliphatic carbocycles. The molecule has 1 fully saturated rings. The van der Waals surface area contributed by atoms with Gasteiger partial charge in [0.25, 0.3) is 5.56 Å². The summed E-state index contributed by atoms with van der Waals surface area (Å²) in [5.74, 6) is -0.276. The van der Waals surface area contributed by atoms with Gasteiger partial charge in [0, 0.05) is 17.1 Å². The van der Waals surface area contributed by atoms with Gasteiger partial charge in [0.15, 0.2) is 5.65 Å². The van der Waals surface area contributed by atoms with Crippen molar-refractivity contribution in [3.63, 3.8) is 0 Å². The molecule has 0 aliphatic heterocycles. The number of nitrogens with two attached hydrogens (primary N) is 1. The number of hydrogen-bond donors (Lipinski definition) is 2.